The number of rotatable bonds is 6. The molecule has 1 aromatic rings. The van der Waals surface area contributed by atoms with Crippen molar-refractivity contribution in [2.75, 3.05) is 27.3 Å². The number of ether oxygens (including phenoxy) is 1. The van der Waals surface area contributed by atoms with Crippen molar-refractivity contribution in [1.82, 2.24) is 4.90 Å². The van der Waals surface area contributed by atoms with Crippen LogP contribution in [0, 0.1) is 0 Å². The minimum absolute atomic E-state index is 0.0343. The lowest BCUT2D eigenvalue weighted by Gasteiger charge is -2.25. The summed E-state index contributed by atoms with van der Waals surface area (Å²) in [5.41, 5.74) is 1.05. The largest absolute Gasteiger partial charge is 0.466 e. The summed E-state index contributed by atoms with van der Waals surface area (Å²) < 4.78 is 4.51. The molecule has 0 spiro atoms. The molecular weight excluding hydrogens is 230 g/mol. The Bertz CT molecular complexity index is 389. The van der Waals surface area contributed by atoms with Crippen LogP contribution in [0.2, 0.25) is 0 Å². The van der Waals surface area contributed by atoms with E-state index in [1.807, 2.05) is 42.3 Å². The number of nitrogens with zero attached hydrogens (tertiary/aromatic N) is 1. The molecule has 1 rings (SSSR count). The van der Waals surface area contributed by atoms with Gasteiger partial charge in [0.25, 0.3) is 0 Å². The molecule has 0 fully saturated rings. The van der Waals surface area contributed by atoms with Crippen LogP contribution in [0.3, 0.4) is 0 Å². The lowest BCUT2D eigenvalue weighted by Crippen LogP contribution is -2.27. The number of aliphatic hydroxyl groups excluding tert-OH is 1. The lowest BCUT2D eigenvalue weighted by atomic mass is 10.1. The Hall–Kier alpha value is -1.65. The Kier molecular flexibility index (Phi) is 6.11. The molecule has 0 heterocycles. The molecule has 0 saturated carbocycles. The molecule has 1 aromatic carbocycles. The molecule has 0 aliphatic heterocycles. The van der Waals surface area contributed by atoms with Gasteiger partial charge in [0.1, 0.15) is 0 Å². The van der Waals surface area contributed by atoms with Crippen molar-refractivity contribution in [3.8, 4) is 0 Å². The summed E-state index contributed by atoms with van der Waals surface area (Å²) in [6, 6.07) is 9.69. The van der Waals surface area contributed by atoms with E-state index in [0.29, 0.717) is 6.54 Å². The molecular formula is C14H19NO3. The summed E-state index contributed by atoms with van der Waals surface area (Å²) in [5.74, 6) is -0.372. The van der Waals surface area contributed by atoms with E-state index in [0.717, 1.165) is 5.56 Å². The van der Waals surface area contributed by atoms with Crippen LogP contribution in [-0.2, 0) is 9.53 Å². The molecule has 0 saturated heterocycles. The van der Waals surface area contributed by atoms with Crippen molar-refractivity contribution < 1.29 is 14.6 Å². The van der Waals surface area contributed by atoms with Gasteiger partial charge in [-0.3, -0.25) is 4.90 Å². The van der Waals surface area contributed by atoms with E-state index in [1.165, 1.54) is 13.2 Å². The van der Waals surface area contributed by atoms with E-state index in [9.17, 15) is 9.90 Å². The Morgan fingerprint density at radius 2 is 2.11 bits per heavy atom. The average Bonchev–Trinajstić information content (AvgIpc) is 2.40. The van der Waals surface area contributed by atoms with Crippen molar-refractivity contribution in [2.24, 2.45) is 0 Å². The fourth-order valence-corrected chi connectivity index (χ4v) is 1.68. The van der Waals surface area contributed by atoms with Crippen molar-refractivity contribution in [2.45, 2.75) is 6.04 Å². The number of methoxy groups -OCH3 is 1. The number of esters is 1. The average molecular weight is 249 g/mol. The van der Waals surface area contributed by atoms with Crippen LogP contribution in [0.1, 0.15) is 11.6 Å². The molecule has 18 heavy (non-hydrogen) atoms. The SMILES string of the molecule is COC(=O)/C=C/CN(C)[C@@H](CO)c1ccccc1. The van der Waals surface area contributed by atoms with Crippen LogP contribution in [-0.4, -0.2) is 43.3 Å². The molecule has 4 heteroatoms. The zero-order valence-corrected chi connectivity index (χ0v) is 10.7. The third-order valence-electron chi connectivity index (χ3n) is 2.74. The maximum Gasteiger partial charge on any atom is 0.330 e. The highest BCUT2D eigenvalue weighted by Gasteiger charge is 2.14. The highest BCUT2D eigenvalue weighted by atomic mass is 16.5. The van der Waals surface area contributed by atoms with Crippen molar-refractivity contribution >= 4 is 5.97 Å². The zero-order chi connectivity index (χ0) is 13.4. The summed E-state index contributed by atoms with van der Waals surface area (Å²) >= 11 is 0. The van der Waals surface area contributed by atoms with E-state index < -0.39 is 0 Å². The second kappa shape index (κ2) is 7.63. The molecule has 4 nitrogen and oxygen atoms in total. The number of carbonyl (C=O) groups is 1. The predicted octanol–water partition coefficient (Wildman–Crippen LogP) is 1.38. The molecule has 1 atom stereocenters. The summed E-state index contributed by atoms with van der Waals surface area (Å²) in [6.45, 7) is 0.599. The van der Waals surface area contributed by atoms with Crippen molar-refractivity contribution in [3.05, 3.63) is 48.0 Å². The normalized spacial score (nSPS) is 12.9. The van der Waals surface area contributed by atoms with Crippen LogP contribution in [0.25, 0.3) is 0 Å². The van der Waals surface area contributed by atoms with Gasteiger partial charge in [0, 0.05) is 12.6 Å². The number of aliphatic hydroxyl groups is 1. The van der Waals surface area contributed by atoms with Gasteiger partial charge in [-0.1, -0.05) is 36.4 Å². The molecule has 0 bridgehead atoms. The molecule has 0 aliphatic rings. The van der Waals surface area contributed by atoms with Crippen LogP contribution >= 0.6 is 0 Å². The Morgan fingerprint density at radius 3 is 2.67 bits per heavy atom. The third kappa shape index (κ3) is 4.31. The molecule has 0 aromatic heterocycles. The van der Waals surface area contributed by atoms with Gasteiger partial charge in [-0.05, 0) is 12.6 Å². The fourth-order valence-electron chi connectivity index (χ4n) is 1.68. The second-order valence-corrected chi connectivity index (χ2v) is 3.97. The minimum Gasteiger partial charge on any atom is -0.466 e. The molecule has 1 N–H and O–H groups in total. The van der Waals surface area contributed by atoms with Crippen molar-refractivity contribution in [3.63, 3.8) is 0 Å². The first-order valence-electron chi connectivity index (χ1n) is 5.79. The molecule has 0 amide bonds. The predicted molar refractivity (Wildman–Crippen MR) is 70.1 cm³/mol. The summed E-state index contributed by atoms with van der Waals surface area (Å²) in [5, 5.41) is 9.45. The highest BCUT2D eigenvalue weighted by Crippen LogP contribution is 2.17. The smallest absolute Gasteiger partial charge is 0.330 e. The Morgan fingerprint density at radius 1 is 1.44 bits per heavy atom. The van der Waals surface area contributed by atoms with Gasteiger partial charge in [0.05, 0.1) is 19.8 Å². The van der Waals surface area contributed by atoms with Gasteiger partial charge >= 0.3 is 5.97 Å². The van der Waals surface area contributed by atoms with Crippen LogP contribution in [0.4, 0.5) is 0 Å². The third-order valence-corrected chi connectivity index (χ3v) is 2.74. The number of likely N-dealkylation sites (N-methyl/N-ethyl adjacent to an activating group) is 1. The number of benzene rings is 1. The Balaban J connectivity index is 2.61. The van der Waals surface area contributed by atoms with Gasteiger partial charge in [-0.25, -0.2) is 4.79 Å². The van der Waals surface area contributed by atoms with Crippen LogP contribution < -0.4 is 0 Å². The first kappa shape index (κ1) is 14.4. The van der Waals surface area contributed by atoms with E-state index >= 15 is 0 Å². The Labute approximate surface area is 107 Å². The maximum absolute atomic E-state index is 10.9. The summed E-state index contributed by atoms with van der Waals surface area (Å²) in [7, 11) is 3.24. The van der Waals surface area contributed by atoms with E-state index in [-0.39, 0.29) is 18.6 Å². The molecule has 98 valence electrons. The zero-order valence-electron chi connectivity index (χ0n) is 10.7. The van der Waals surface area contributed by atoms with Gasteiger partial charge in [0.15, 0.2) is 0 Å². The molecule has 0 unspecified atom stereocenters. The van der Waals surface area contributed by atoms with Gasteiger partial charge in [-0.15, -0.1) is 0 Å². The highest BCUT2D eigenvalue weighted by molar-refractivity contribution is 5.81. The second-order valence-electron chi connectivity index (χ2n) is 3.97. The lowest BCUT2D eigenvalue weighted by molar-refractivity contribution is -0.134. The fraction of sp³-hybridized carbons (Fsp3) is 0.357. The minimum atomic E-state index is -0.372. The number of hydrogen-bond donors (Lipinski definition) is 1. The quantitative estimate of drug-likeness (QED) is 0.611. The van der Waals surface area contributed by atoms with Gasteiger partial charge in [0.2, 0.25) is 0 Å². The topological polar surface area (TPSA) is 49.8 Å². The summed E-state index contributed by atoms with van der Waals surface area (Å²) in [6.07, 6.45) is 3.10. The van der Waals surface area contributed by atoms with Crippen LogP contribution in [0.15, 0.2) is 42.5 Å². The monoisotopic (exact) mass is 249 g/mol. The standard InChI is InChI=1S/C14H19NO3/c1-15(10-6-9-14(17)18-2)13(11-16)12-7-4-3-5-8-12/h3-9,13,16H,10-11H2,1-2H3/b9-6+/t13-/m0/s1. The maximum atomic E-state index is 10.9. The van der Waals surface area contributed by atoms with Gasteiger partial charge in [-0.2, -0.15) is 0 Å². The van der Waals surface area contributed by atoms with Gasteiger partial charge < -0.3 is 9.84 Å². The molecule has 0 aliphatic carbocycles. The first-order valence-corrected chi connectivity index (χ1v) is 5.79. The first-order chi connectivity index (χ1) is 8.69. The van der Waals surface area contributed by atoms with E-state index in [4.69, 9.17) is 0 Å². The van der Waals surface area contributed by atoms with Crippen molar-refractivity contribution in [1.29, 1.82) is 0 Å². The number of hydrogen-bond acceptors (Lipinski definition) is 4. The van der Waals surface area contributed by atoms with E-state index in [2.05, 4.69) is 4.74 Å². The molecule has 0 radical (unpaired) electrons. The summed E-state index contributed by atoms with van der Waals surface area (Å²) in [4.78, 5) is 12.9. The van der Waals surface area contributed by atoms with E-state index in [1.54, 1.807) is 6.08 Å². The van der Waals surface area contributed by atoms with Crippen LogP contribution in [0.5, 0.6) is 0 Å². The number of carbonyl (C=O) groups excluding carboxylic acids is 1.